The van der Waals surface area contributed by atoms with Crippen LogP contribution in [0.1, 0.15) is 43.1 Å². The van der Waals surface area contributed by atoms with Crippen LogP contribution in [0.25, 0.3) is 0 Å². The largest absolute Gasteiger partial charge is 0.443 e. The van der Waals surface area contributed by atoms with Crippen LogP contribution in [0.2, 0.25) is 0 Å². The summed E-state index contributed by atoms with van der Waals surface area (Å²) in [4.78, 5) is 26.3. The monoisotopic (exact) mass is 348 g/mol. The van der Waals surface area contributed by atoms with E-state index in [2.05, 4.69) is 5.32 Å². The summed E-state index contributed by atoms with van der Waals surface area (Å²) in [5.41, 5.74) is 1.66. The maximum Gasteiger partial charge on any atom is 0.414 e. The fraction of sp³-hybridized carbons (Fsp3) is 0.556. The third-order valence-electron chi connectivity index (χ3n) is 4.23. The molecular formula is C18H24N2O5. The van der Waals surface area contributed by atoms with E-state index in [1.54, 1.807) is 23.1 Å². The SMILES string of the molecule is CC(C)(C)OC(=O)N1CCc2cc(C(=O)N[C@H]3CCOC3O)ccc21. The summed E-state index contributed by atoms with van der Waals surface area (Å²) >= 11 is 0. The van der Waals surface area contributed by atoms with Crippen LogP contribution >= 0.6 is 0 Å². The van der Waals surface area contributed by atoms with Crippen LogP contribution in [0.15, 0.2) is 18.2 Å². The van der Waals surface area contributed by atoms with E-state index < -0.39 is 11.9 Å². The highest BCUT2D eigenvalue weighted by Gasteiger charge is 2.31. The minimum absolute atomic E-state index is 0.256. The molecule has 1 aromatic rings. The Morgan fingerprint density at radius 3 is 2.76 bits per heavy atom. The average molecular weight is 348 g/mol. The van der Waals surface area contributed by atoms with Crippen molar-refractivity contribution in [2.45, 2.75) is 51.5 Å². The minimum Gasteiger partial charge on any atom is -0.443 e. The van der Waals surface area contributed by atoms with Crippen molar-refractivity contribution in [1.82, 2.24) is 5.32 Å². The molecule has 2 atom stereocenters. The first kappa shape index (κ1) is 17.7. The number of anilines is 1. The minimum atomic E-state index is -0.957. The Bertz CT molecular complexity index is 683. The average Bonchev–Trinajstić information content (AvgIpc) is 3.11. The summed E-state index contributed by atoms with van der Waals surface area (Å²) in [6.07, 6.45) is -0.0782. The number of amides is 2. The molecule has 0 bridgehead atoms. The molecule has 7 nitrogen and oxygen atoms in total. The summed E-state index contributed by atoms with van der Waals surface area (Å²) in [5, 5.41) is 12.4. The molecule has 136 valence electrons. The van der Waals surface area contributed by atoms with E-state index in [0.29, 0.717) is 31.6 Å². The Hall–Kier alpha value is -2.12. The van der Waals surface area contributed by atoms with Gasteiger partial charge in [0.25, 0.3) is 5.91 Å². The molecule has 0 aliphatic carbocycles. The topological polar surface area (TPSA) is 88.1 Å². The summed E-state index contributed by atoms with van der Waals surface area (Å²) in [6, 6.07) is 4.85. The number of aliphatic hydroxyl groups excluding tert-OH is 1. The fourth-order valence-electron chi connectivity index (χ4n) is 3.02. The summed E-state index contributed by atoms with van der Waals surface area (Å²) in [7, 11) is 0. The Balaban J connectivity index is 1.71. The molecule has 1 unspecified atom stereocenters. The molecule has 0 radical (unpaired) electrons. The second-order valence-corrected chi connectivity index (χ2v) is 7.36. The number of carbonyl (C=O) groups is 2. The lowest BCUT2D eigenvalue weighted by atomic mass is 10.1. The molecule has 7 heteroatoms. The molecule has 0 spiro atoms. The third-order valence-corrected chi connectivity index (χ3v) is 4.23. The highest BCUT2D eigenvalue weighted by atomic mass is 16.6. The number of ether oxygens (including phenoxy) is 2. The number of fused-ring (bicyclic) bond motifs is 1. The molecule has 0 aromatic heterocycles. The number of rotatable bonds is 2. The van der Waals surface area contributed by atoms with Crippen LogP contribution in [0.4, 0.5) is 10.5 Å². The number of nitrogens with zero attached hydrogens (tertiary/aromatic N) is 1. The molecule has 2 amide bonds. The first-order chi connectivity index (χ1) is 11.7. The molecular weight excluding hydrogens is 324 g/mol. The number of carbonyl (C=O) groups excluding carboxylic acids is 2. The number of hydrogen-bond donors (Lipinski definition) is 2. The number of nitrogens with one attached hydrogen (secondary N) is 1. The van der Waals surface area contributed by atoms with Crippen molar-refractivity contribution in [1.29, 1.82) is 0 Å². The van der Waals surface area contributed by atoms with Gasteiger partial charge in [-0.3, -0.25) is 9.69 Å². The van der Waals surface area contributed by atoms with Crippen molar-refractivity contribution in [3.05, 3.63) is 29.3 Å². The standard InChI is InChI=1S/C18H24N2O5/c1-18(2,3)25-17(23)20-8-6-11-10-12(4-5-14(11)20)15(21)19-13-7-9-24-16(13)22/h4-5,10,13,16,22H,6-9H2,1-3H3,(H,19,21)/t13-,16?/m0/s1. The number of aliphatic hydroxyl groups is 1. The van der Waals surface area contributed by atoms with Gasteiger partial charge >= 0.3 is 6.09 Å². The zero-order valence-corrected chi connectivity index (χ0v) is 14.7. The second-order valence-electron chi connectivity index (χ2n) is 7.36. The molecule has 25 heavy (non-hydrogen) atoms. The number of benzene rings is 1. The van der Waals surface area contributed by atoms with Crippen LogP contribution in [0.3, 0.4) is 0 Å². The molecule has 2 aliphatic heterocycles. The molecule has 3 rings (SSSR count). The van der Waals surface area contributed by atoms with Gasteiger partial charge in [0.1, 0.15) is 5.60 Å². The van der Waals surface area contributed by atoms with Crippen molar-refractivity contribution in [3.8, 4) is 0 Å². The maximum absolute atomic E-state index is 12.4. The Labute approximate surface area is 146 Å². The van der Waals surface area contributed by atoms with Gasteiger partial charge in [0, 0.05) is 12.1 Å². The highest BCUT2D eigenvalue weighted by Crippen LogP contribution is 2.30. The molecule has 2 aliphatic rings. The normalized spacial score (nSPS) is 22.6. The molecule has 1 aromatic carbocycles. The van der Waals surface area contributed by atoms with E-state index in [4.69, 9.17) is 9.47 Å². The van der Waals surface area contributed by atoms with Gasteiger partial charge in [0.05, 0.1) is 18.3 Å². The summed E-state index contributed by atoms with van der Waals surface area (Å²) in [5.74, 6) is -0.256. The second kappa shape index (κ2) is 6.65. The van der Waals surface area contributed by atoms with Crippen LogP contribution in [-0.4, -0.2) is 48.2 Å². The van der Waals surface area contributed by atoms with Crippen LogP contribution < -0.4 is 10.2 Å². The lowest BCUT2D eigenvalue weighted by Gasteiger charge is -2.24. The van der Waals surface area contributed by atoms with Gasteiger partial charge in [-0.1, -0.05) is 0 Å². The van der Waals surface area contributed by atoms with Gasteiger partial charge < -0.3 is 19.9 Å². The molecule has 1 saturated heterocycles. The van der Waals surface area contributed by atoms with Crippen LogP contribution in [0.5, 0.6) is 0 Å². The van der Waals surface area contributed by atoms with Crippen molar-refractivity contribution in [2.24, 2.45) is 0 Å². The van der Waals surface area contributed by atoms with E-state index >= 15 is 0 Å². The highest BCUT2D eigenvalue weighted by molar-refractivity contribution is 5.97. The first-order valence-corrected chi connectivity index (χ1v) is 8.48. The van der Waals surface area contributed by atoms with E-state index in [0.717, 1.165) is 11.3 Å². The van der Waals surface area contributed by atoms with Gasteiger partial charge in [-0.2, -0.15) is 0 Å². The molecule has 0 saturated carbocycles. The third kappa shape index (κ3) is 3.93. The Morgan fingerprint density at radius 2 is 2.12 bits per heavy atom. The van der Waals surface area contributed by atoms with Crippen molar-refractivity contribution in [2.75, 3.05) is 18.1 Å². The zero-order chi connectivity index (χ0) is 18.2. The van der Waals surface area contributed by atoms with Gasteiger partial charge in [-0.05, 0) is 57.4 Å². The van der Waals surface area contributed by atoms with Crippen LogP contribution in [-0.2, 0) is 15.9 Å². The maximum atomic E-state index is 12.4. The van der Waals surface area contributed by atoms with Crippen LogP contribution in [0, 0.1) is 0 Å². The van der Waals surface area contributed by atoms with Gasteiger partial charge in [-0.15, -0.1) is 0 Å². The summed E-state index contributed by atoms with van der Waals surface area (Å²) in [6.45, 7) is 6.45. The zero-order valence-electron chi connectivity index (χ0n) is 14.7. The molecule has 1 fully saturated rings. The molecule has 2 N–H and O–H groups in total. The van der Waals surface area contributed by atoms with Gasteiger partial charge in [0.2, 0.25) is 0 Å². The van der Waals surface area contributed by atoms with E-state index in [1.807, 2.05) is 20.8 Å². The quantitative estimate of drug-likeness (QED) is 0.851. The number of hydrogen-bond acceptors (Lipinski definition) is 5. The fourth-order valence-corrected chi connectivity index (χ4v) is 3.02. The summed E-state index contributed by atoms with van der Waals surface area (Å²) < 4.78 is 10.5. The first-order valence-electron chi connectivity index (χ1n) is 8.48. The van der Waals surface area contributed by atoms with Crippen molar-refractivity contribution < 1.29 is 24.2 Å². The van der Waals surface area contributed by atoms with Gasteiger partial charge in [0.15, 0.2) is 6.29 Å². The smallest absolute Gasteiger partial charge is 0.414 e. The lowest BCUT2D eigenvalue weighted by molar-refractivity contribution is -0.0704. The predicted molar refractivity (Wildman–Crippen MR) is 91.6 cm³/mol. The van der Waals surface area contributed by atoms with Gasteiger partial charge in [-0.25, -0.2) is 4.79 Å². The van der Waals surface area contributed by atoms with E-state index in [1.165, 1.54) is 0 Å². The van der Waals surface area contributed by atoms with Crippen molar-refractivity contribution >= 4 is 17.7 Å². The van der Waals surface area contributed by atoms with E-state index in [9.17, 15) is 14.7 Å². The lowest BCUT2D eigenvalue weighted by Crippen LogP contribution is -2.40. The predicted octanol–water partition coefficient (Wildman–Crippen LogP) is 1.82. The Kier molecular flexibility index (Phi) is 4.71. The van der Waals surface area contributed by atoms with E-state index in [-0.39, 0.29) is 18.0 Å². The Morgan fingerprint density at radius 1 is 1.36 bits per heavy atom. The van der Waals surface area contributed by atoms with Crippen molar-refractivity contribution in [3.63, 3.8) is 0 Å². The molecule has 2 heterocycles.